The minimum atomic E-state index is -0.120. The predicted octanol–water partition coefficient (Wildman–Crippen LogP) is 11.8. The first-order chi connectivity index (χ1) is 21.4. The summed E-state index contributed by atoms with van der Waals surface area (Å²) in [4.78, 5) is 0. The second-order valence-electron chi connectivity index (χ2n) is 13.7. The molecule has 2 aliphatic rings. The van der Waals surface area contributed by atoms with E-state index in [4.69, 9.17) is 0 Å². The van der Waals surface area contributed by atoms with Gasteiger partial charge in [-0.25, -0.2) is 0 Å². The molecular weight excluding hydrogens is 551 g/mol. The van der Waals surface area contributed by atoms with E-state index in [2.05, 4.69) is 148 Å². The number of hydrogen-bond acceptors (Lipinski definition) is 1. The van der Waals surface area contributed by atoms with E-state index in [0.717, 1.165) is 0 Å². The lowest BCUT2D eigenvalue weighted by Crippen LogP contribution is -2.15. The molecule has 0 spiro atoms. The third-order valence-corrected chi connectivity index (χ3v) is 11.9. The van der Waals surface area contributed by atoms with Crippen LogP contribution >= 0.6 is 11.3 Å². The highest BCUT2D eigenvalue weighted by atomic mass is 32.1. The standard InChI is InChI=1S/C42H31NS/c1-41(2)30-17-9-5-13-25(30)26-22-21-24(23-32(26)41)43-33-19-11-7-15-28(33)35-38-36(27-14-6-10-18-31(27)42(38,3)4)40-37(39(35)43)29-16-8-12-20-34(29)44-40/h5-23H,1-4H3. The maximum absolute atomic E-state index is 2.59. The highest BCUT2D eigenvalue weighted by Crippen LogP contribution is 2.59. The van der Waals surface area contributed by atoms with Crippen molar-refractivity contribution in [2.24, 2.45) is 0 Å². The third kappa shape index (κ3) is 2.82. The lowest BCUT2D eigenvalue weighted by molar-refractivity contribution is 0.660. The summed E-state index contributed by atoms with van der Waals surface area (Å²) in [5.74, 6) is 0. The Hall–Kier alpha value is -4.66. The zero-order valence-electron chi connectivity index (χ0n) is 25.3. The summed E-state index contributed by atoms with van der Waals surface area (Å²) in [5, 5.41) is 5.46. The fourth-order valence-electron chi connectivity index (χ4n) is 8.79. The molecule has 6 aromatic carbocycles. The van der Waals surface area contributed by atoms with Gasteiger partial charge in [0.25, 0.3) is 0 Å². The summed E-state index contributed by atoms with van der Waals surface area (Å²) in [6.45, 7) is 9.62. The molecule has 0 saturated carbocycles. The average Bonchev–Trinajstić information content (AvgIpc) is 3.72. The molecule has 0 amide bonds. The van der Waals surface area contributed by atoms with Crippen LogP contribution < -0.4 is 0 Å². The fourth-order valence-corrected chi connectivity index (χ4v) is 10.1. The number of fused-ring (bicyclic) bond motifs is 15. The second-order valence-corrected chi connectivity index (χ2v) is 14.8. The Kier molecular flexibility index (Phi) is 4.54. The van der Waals surface area contributed by atoms with E-state index in [1.165, 1.54) is 92.2 Å². The monoisotopic (exact) mass is 581 g/mol. The SMILES string of the molecule is CC1(C)c2ccccc2-c2ccc(-n3c4ccccc4c4c5c(c6sc7ccccc7c6c43)-c3ccccc3C5(C)C)cc21. The lowest BCUT2D eigenvalue weighted by Gasteiger charge is -2.23. The van der Waals surface area contributed by atoms with Gasteiger partial charge >= 0.3 is 0 Å². The largest absolute Gasteiger partial charge is 0.309 e. The van der Waals surface area contributed by atoms with Crippen LogP contribution in [0.1, 0.15) is 49.9 Å². The summed E-state index contributed by atoms with van der Waals surface area (Å²) >= 11 is 1.96. The first-order valence-electron chi connectivity index (χ1n) is 15.6. The van der Waals surface area contributed by atoms with Crippen LogP contribution in [0.2, 0.25) is 0 Å². The molecule has 0 unspecified atom stereocenters. The Labute approximate surface area is 261 Å². The van der Waals surface area contributed by atoms with Gasteiger partial charge in [0.2, 0.25) is 0 Å². The number of rotatable bonds is 1. The number of aromatic nitrogens is 1. The van der Waals surface area contributed by atoms with Crippen molar-refractivity contribution in [2.45, 2.75) is 38.5 Å². The fraction of sp³-hybridized carbons (Fsp3) is 0.143. The summed E-state index contributed by atoms with van der Waals surface area (Å²) < 4.78 is 5.34. The van der Waals surface area contributed by atoms with E-state index in [0.29, 0.717) is 0 Å². The number of hydrogen-bond donors (Lipinski definition) is 0. The van der Waals surface area contributed by atoms with Crippen molar-refractivity contribution in [3.63, 3.8) is 0 Å². The van der Waals surface area contributed by atoms with Crippen molar-refractivity contribution < 1.29 is 0 Å². The molecule has 2 aromatic heterocycles. The maximum atomic E-state index is 2.59. The molecule has 44 heavy (non-hydrogen) atoms. The molecule has 0 fully saturated rings. The van der Waals surface area contributed by atoms with Crippen LogP contribution in [0.3, 0.4) is 0 Å². The Balaban J connectivity index is 1.43. The van der Waals surface area contributed by atoms with Gasteiger partial charge in [-0.1, -0.05) is 119 Å². The van der Waals surface area contributed by atoms with E-state index in [1.54, 1.807) is 0 Å². The highest BCUT2D eigenvalue weighted by molar-refractivity contribution is 7.26. The van der Waals surface area contributed by atoms with Gasteiger partial charge in [-0.3, -0.25) is 0 Å². The summed E-state index contributed by atoms with van der Waals surface area (Å²) in [6.07, 6.45) is 0. The van der Waals surface area contributed by atoms with Gasteiger partial charge in [-0.15, -0.1) is 11.3 Å². The Morgan fingerprint density at radius 3 is 2.00 bits per heavy atom. The molecule has 2 heterocycles. The van der Waals surface area contributed by atoms with Crippen LogP contribution in [-0.4, -0.2) is 4.57 Å². The van der Waals surface area contributed by atoms with Gasteiger partial charge in [0.05, 0.1) is 11.0 Å². The Morgan fingerprint density at radius 1 is 0.545 bits per heavy atom. The van der Waals surface area contributed by atoms with E-state index in [1.807, 2.05) is 11.3 Å². The quantitative estimate of drug-likeness (QED) is 0.182. The van der Waals surface area contributed by atoms with Crippen molar-refractivity contribution >= 4 is 53.3 Å². The zero-order valence-corrected chi connectivity index (χ0v) is 26.1. The van der Waals surface area contributed by atoms with Crippen molar-refractivity contribution in [3.8, 4) is 27.9 Å². The van der Waals surface area contributed by atoms with Crippen molar-refractivity contribution in [1.29, 1.82) is 0 Å². The molecule has 0 bridgehead atoms. The second kappa shape index (κ2) is 8.08. The molecule has 0 aliphatic heterocycles. The first kappa shape index (κ1) is 24.7. The summed E-state index contributed by atoms with van der Waals surface area (Å²) in [7, 11) is 0. The van der Waals surface area contributed by atoms with E-state index < -0.39 is 0 Å². The molecule has 1 nitrogen and oxygen atoms in total. The van der Waals surface area contributed by atoms with Crippen LogP contribution in [0.5, 0.6) is 0 Å². The van der Waals surface area contributed by atoms with E-state index in [9.17, 15) is 0 Å². The van der Waals surface area contributed by atoms with Gasteiger partial charge < -0.3 is 4.57 Å². The minimum absolute atomic E-state index is 0.0595. The van der Waals surface area contributed by atoms with Crippen LogP contribution in [0.15, 0.2) is 115 Å². The molecule has 0 atom stereocenters. The minimum Gasteiger partial charge on any atom is -0.309 e. The molecule has 10 rings (SSSR count). The number of benzene rings is 6. The molecule has 210 valence electrons. The van der Waals surface area contributed by atoms with Gasteiger partial charge in [0.1, 0.15) is 0 Å². The van der Waals surface area contributed by atoms with Crippen LogP contribution in [0.25, 0.3) is 69.9 Å². The predicted molar refractivity (Wildman–Crippen MR) is 189 cm³/mol. The van der Waals surface area contributed by atoms with E-state index in [-0.39, 0.29) is 10.8 Å². The van der Waals surface area contributed by atoms with Crippen LogP contribution in [0, 0.1) is 0 Å². The first-order valence-corrected chi connectivity index (χ1v) is 16.4. The van der Waals surface area contributed by atoms with Gasteiger partial charge in [-0.05, 0) is 63.2 Å². The van der Waals surface area contributed by atoms with Crippen molar-refractivity contribution in [3.05, 3.63) is 138 Å². The van der Waals surface area contributed by atoms with Crippen molar-refractivity contribution in [1.82, 2.24) is 4.57 Å². The zero-order chi connectivity index (χ0) is 29.5. The Morgan fingerprint density at radius 2 is 1.18 bits per heavy atom. The molecule has 0 saturated heterocycles. The smallest absolute Gasteiger partial charge is 0.0637 e. The molecule has 0 N–H and O–H groups in total. The summed E-state index contributed by atoms with van der Waals surface area (Å²) in [6, 6.07) is 43.4. The van der Waals surface area contributed by atoms with Gasteiger partial charge in [-0.2, -0.15) is 0 Å². The normalized spacial score (nSPS) is 15.6. The molecule has 8 aromatic rings. The molecule has 0 radical (unpaired) electrons. The topological polar surface area (TPSA) is 4.93 Å². The van der Waals surface area contributed by atoms with Crippen LogP contribution in [0.4, 0.5) is 0 Å². The lowest BCUT2D eigenvalue weighted by atomic mass is 9.80. The molecule has 2 heteroatoms. The van der Waals surface area contributed by atoms with Gasteiger partial charge in [0.15, 0.2) is 0 Å². The number of thiophene rings is 1. The number of nitrogens with zero attached hydrogens (tertiary/aromatic N) is 1. The highest BCUT2D eigenvalue weighted by Gasteiger charge is 2.41. The Bertz CT molecular complexity index is 2550. The number of para-hydroxylation sites is 1. The average molecular weight is 582 g/mol. The van der Waals surface area contributed by atoms with Gasteiger partial charge in [0, 0.05) is 53.0 Å². The maximum Gasteiger partial charge on any atom is 0.0637 e. The van der Waals surface area contributed by atoms with E-state index >= 15 is 0 Å². The third-order valence-electron chi connectivity index (χ3n) is 10.8. The molecular formula is C42H31NS. The molecule has 2 aliphatic carbocycles. The summed E-state index contributed by atoms with van der Waals surface area (Å²) in [5.41, 5.74) is 14.9. The van der Waals surface area contributed by atoms with Crippen molar-refractivity contribution in [2.75, 3.05) is 0 Å². The van der Waals surface area contributed by atoms with Crippen LogP contribution in [-0.2, 0) is 10.8 Å².